The Morgan fingerprint density at radius 1 is 1.25 bits per heavy atom. The van der Waals surface area contributed by atoms with Gasteiger partial charge in [-0.3, -0.25) is 0 Å². The smallest absolute Gasteiger partial charge is 0.213 e. The fourth-order valence-corrected chi connectivity index (χ4v) is 3.15. The lowest BCUT2D eigenvalue weighted by Gasteiger charge is -2.27. The van der Waals surface area contributed by atoms with E-state index in [9.17, 15) is 0 Å². The van der Waals surface area contributed by atoms with Crippen LogP contribution in [0.1, 0.15) is 30.1 Å². The van der Waals surface area contributed by atoms with E-state index in [0.717, 1.165) is 17.5 Å². The lowest BCUT2D eigenvalue weighted by Crippen LogP contribution is -2.28. The first kappa shape index (κ1) is 15.1. The molecule has 0 N–H and O–H groups in total. The molecule has 5 nitrogen and oxygen atoms in total. The lowest BCUT2D eigenvalue weighted by atomic mass is 9.90. The first-order chi connectivity index (χ1) is 11.8. The van der Waals surface area contributed by atoms with E-state index < -0.39 is 0 Å². The maximum atomic E-state index is 9.03. The second-order valence-electron chi connectivity index (χ2n) is 6.21. The topological polar surface area (TPSA) is 67.7 Å². The van der Waals surface area contributed by atoms with E-state index in [2.05, 4.69) is 11.1 Å². The highest BCUT2D eigenvalue weighted by Gasteiger charge is 2.59. The Balaban J connectivity index is 1.38. The van der Waals surface area contributed by atoms with Crippen molar-refractivity contribution in [1.29, 1.82) is 5.26 Å². The van der Waals surface area contributed by atoms with Gasteiger partial charge in [0, 0.05) is 25.1 Å². The first-order valence-electron chi connectivity index (χ1n) is 8.11. The van der Waals surface area contributed by atoms with Gasteiger partial charge in [-0.1, -0.05) is 30.3 Å². The van der Waals surface area contributed by atoms with Crippen molar-refractivity contribution < 1.29 is 14.2 Å². The van der Waals surface area contributed by atoms with Crippen LogP contribution in [0.25, 0.3) is 0 Å². The molecule has 122 valence electrons. The molecule has 0 bridgehead atoms. The average Bonchev–Trinajstić information content (AvgIpc) is 3.33. The van der Waals surface area contributed by atoms with Gasteiger partial charge in [0.2, 0.25) is 5.88 Å². The standard InChI is InChI=1S/C19H18N2O3/c20-11-17-19(24-17)8-9-22-16(10-19)15-6-7-18(21-12-15)23-13-14-4-2-1-3-5-14/h1-7,12,16-17H,8-10,13H2/t16-,17?,19?/m1/s1. The molecule has 3 atom stereocenters. The van der Waals surface area contributed by atoms with Crippen molar-refractivity contribution >= 4 is 0 Å². The maximum Gasteiger partial charge on any atom is 0.213 e. The van der Waals surface area contributed by atoms with Gasteiger partial charge in [0.25, 0.3) is 0 Å². The van der Waals surface area contributed by atoms with Gasteiger partial charge in [0.15, 0.2) is 6.10 Å². The summed E-state index contributed by atoms with van der Waals surface area (Å²) in [5.41, 5.74) is 1.79. The van der Waals surface area contributed by atoms with Crippen LogP contribution in [0.4, 0.5) is 0 Å². The Hall–Kier alpha value is -2.42. The first-order valence-corrected chi connectivity index (χ1v) is 8.11. The number of pyridine rings is 1. The number of nitrogens with zero attached hydrogens (tertiary/aromatic N) is 2. The van der Waals surface area contributed by atoms with Gasteiger partial charge in [-0.15, -0.1) is 0 Å². The number of epoxide rings is 1. The highest BCUT2D eigenvalue weighted by atomic mass is 16.6. The molecule has 2 saturated heterocycles. The number of rotatable bonds is 4. The van der Waals surface area contributed by atoms with Gasteiger partial charge in [0.05, 0.1) is 18.8 Å². The molecule has 1 aromatic heterocycles. The molecule has 2 aliphatic heterocycles. The molecule has 2 fully saturated rings. The Kier molecular flexibility index (Phi) is 3.93. The molecule has 2 aliphatic rings. The van der Waals surface area contributed by atoms with Gasteiger partial charge < -0.3 is 14.2 Å². The molecule has 0 aliphatic carbocycles. The van der Waals surface area contributed by atoms with Crippen LogP contribution in [0.3, 0.4) is 0 Å². The van der Waals surface area contributed by atoms with Gasteiger partial charge in [-0.25, -0.2) is 4.98 Å². The predicted octanol–water partition coefficient (Wildman–Crippen LogP) is 3.17. The van der Waals surface area contributed by atoms with Crippen LogP contribution < -0.4 is 4.74 Å². The Bertz CT molecular complexity index is 741. The summed E-state index contributed by atoms with van der Waals surface area (Å²) in [5.74, 6) is 0.589. The number of benzene rings is 1. The Labute approximate surface area is 140 Å². The molecule has 0 radical (unpaired) electrons. The third-order valence-corrected chi connectivity index (χ3v) is 4.63. The van der Waals surface area contributed by atoms with Crippen molar-refractivity contribution in [3.05, 3.63) is 59.8 Å². The monoisotopic (exact) mass is 322 g/mol. The predicted molar refractivity (Wildman–Crippen MR) is 86.2 cm³/mol. The van der Waals surface area contributed by atoms with E-state index in [4.69, 9.17) is 19.5 Å². The fraction of sp³-hybridized carbons (Fsp3) is 0.368. The summed E-state index contributed by atoms with van der Waals surface area (Å²) < 4.78 is 17.1. The van der Waals surface area contributed by atoms with Crippen LogP contribution in [0, 0.1) is 11.3 Å². The molecule has 1 spiro atoms. The zero-order chi connectivity index (χ0) is 16.4. The van der Waals surface area contributed by atoms with E-state index in [1.54, 1.807) is 6.20 Å². The third-order valence-electron chi connectivity index (χ3n) is 4.63. The zero-order valence-corrected chi connectivity index (χ0v) is 13.2. The largest absolute Gasteiger partial charge is 0.473 e. The second kappa shape index (κ2) is 6.23. The Morgan fingerprint density at radius 3 is 2.83 bits per heavy atom. The van der Waals surface area contributed by atoms with Gasteiger partial charge >= 0.3 is 0 Å². The summed E-state index contributed by atoms with van der Waals surface area (Å²) in [6, 6.07) is 16.0. The molecule has 3 heterocycles. The number of hydrogen-bond acceptors (Lipinski definition) is 5. The molecule has 5 heteroatoms. The second-order valence-corrected chi connectivity index (χ2v) is 6.21. The van der Waals surface area contributed by atoms with Crippen molar-refractivity contribution in [1.82, 2.24) is 4.98 Å². The minimum absolute atomic E-state index is 0.0761. The van der Waals surface area contributed by atoms with Crippen molar-refractivity contribution in [2.45, 2.75) is 37.3 Å². The quantitative estimate of drug-likeness (QED) is 0.809. The van der Waals surface area contributed by atoms with Crippen LogP contribution in [-0.4, -0.2) is 23.3 Å². The number of hydrogen-bond donors (Lipinski definition) is 0. The fourth-order valence-electron chi connectivity index (χ4n) is 3.15. The van der Waals surface area contributed by atoms with Crippen LogP contribution >= 0.6 is 0 Å². The van der Waals surface area contributed by atoms with Crippen molar-refractivity contribution in [3.63, 3.8) is 0 Å². The molecule has 2 aromatic rings. The van der Waals surface area contributed by atoms with Crippen molar-refractivity contribution in [2.24, 2.45) is 0 Å². The van der Waals surface area contributed by atoms with E-state index in [1.165, 1.54) is 0 Å². The molecule has 2 unspecified atom stereocenters. The molecule has 0 amide bonds. The molecular formula is C19H18N2O3. The minimum Gasteiger partial charge on any atom is -0.473 e. The molecule has 24 heavy (non-hydrogen) atoms. The van der Waals surface area contributed by atoms with E-state index in [0.29, 0.717) is 25.5 Å². The lowest BCUT2D eigenvalue weighted by molar-refractivity contribution is -0.0213. The van der Waals surface area contributed by atoms with Crippen LogP contribution in [0.2, 0.25) is 0 Å². The third kappa shape index (κ3) is 2.99. The van der Waals surface area contributed by atoms with Gasteiger partial charge in [0.1, 0.15) is 12.2 Å². The van der Waals surface area contributed by atoms with E-state index in [-0.39, 0.29) is 17.8 Å². The van der Waals surface area contributed by atoms with Crippen LogP contribution in [0.5, 0.6) is 5.88 Å². The Morgan fingerprint density at radius 2 is 2.12 bits per heavy atom. The summed E-state index contributed by atoms with van der Waals surface area (Å²) in [4.78, 5) is 4.37. The average molecular weight is 322 g/mol. The summed E-state index contributed by atoms with van der Waals surface area (Å²) in [6.07, 6.45) is 2.91. The van der Waals surface area contributed by atoms with E-state index in [1.807, 2.05) is 42.5 Å². The summed E-state index contributed by atoms with van der Waals surface area (Å²) in [5, 5.41) is 9.03. The number of aromatic nitrogens is 1. The minimum atomic E-state index is -0.305. The van der Waals surface area contributed by atoms with Crippen LogP contribution in [-0.2, 0) is 16.1 Å². The number of ether oxygens (including phenoxy) is 3. The van der Waals surface area contributed by atoms with Crippen LogP contribution in [0.15, 0.2) is 48.7 Å². The summed E-state index contributed by atoms with van der Waals surface area (Å²) in [6.45, 7) is 1.10. The van der Waals surface area contributed by atoms with E-state index >= 15 is 0 Å². The van der Waals surface area contributed by atoms with Crippen molar-refractivity contribution in [2.75, 3.05) is 6.61 Å². The van der Waals surface area contributed by atoms with Gasteiger partial charge in [-0.2, -0.15) is 5.26 Å². The number of nitriles is 1. The highest BCUT2D eigenvalue weighted by molar-refractivity contribution is 5.24. The maximum absolute atomic E-state index is 9.03. The highest BCUT2D eigenvalue weighted by Crippen LogP contribution is 2.49. The summed E-state index contributed by atoms with van der Waals surface area (Å²) >= 11 is 0. The normalized spacial score (nSPS) is 28.3. The van der Waals surface area contributed by atoms with Gasteiger partial charge in [-0.05, 0) is 17.2 Å². The zero-order valence-electron chi connectivity index (χ0n) is 13.2. The summed E-state index contributed by atoms with van der Waals surface area (Å²) in [7, 11) is 0. The molecular weight excluding hydrogens is 304 g/mol. The SMILES string of the molecule is N#CC1OC12CCO[C@@H](c1ccc(OCc3ccccc3)nc1)C2. The molecule has 0 saturated carbocycles. The van der Waals surface area contributed by atoms with Crippen molar-refractivity contribution in [3.8, 4) is 11.9 Å². The molecule has 1 aromatic carbocycles. The molecule has 4 rings (SSSR count).